The third-order valence-electron chi connectivity index (χ3n) is 5.88. The van der Waals surface area contributed by atoms with Gasteiger partial charge in [0, 0.05) is 42.7 Å². The number of aromatic nitrogens is 2. The quantitative estimate of drug-likeness (QED) is 0.482. The van der Waals surface area contributed by atoms with Crippen LogP contribution in [-0.4, -0.2) is 51.7 Å². The van der Waals surface area contributed by atoms with E-state index in [1.54, 1.807) is 0 Å². The number of carbonyl (C=O) groups is 3. The summed E-state index contributed by atoms with van der Waals surface area (Å²) in [5.41, 5.74) is -1.41. The van der Waals surface area contributed by atoms with E-state index in [1.807, 2.05) is 0 Å². The van der Waals surface area contributed by atoms with E-state index in [-0.39, 0.29) is 41.8 Å². The highest BCUT2D eigenvalue weighted by molar-refractivity contribution is 6.07. The Morgan fingerprint density at radius 2 is 1.58 bits per heavy atom. The summed E-state index contributed by atoms with van der Waals surface area (Å²) < 4.78 is 65.5. The highest BCUT2D eigenvalue weighted by Gasteiger charge is 2.32. The molecule has 0 aliphatic carbocycles. The van der Waals surface area contributed by atoms with Crippen molar-refractivity contribution in [2.75, 3.05) is 18.4 Å². The zero-order chi connectivity index (χ0) is 27.4. The minimum absolute atomic E-state index is 0.0803. The fourth-order valence-corrected chi connectivity index (χ4v) is 3.90. The largest absolute Gasteiger partial charge is 0.416 e. The van der Waals surface area contributed by atoms with E-state index in [2.05, 4.69) is 20.6 Å². The lowest BCUT2D eigenvalue weighted by Gasteiger charge is -2.32. The molecule has 1 aliphatic rings. The summed E-state index contributed by atoms with van der Waals surface area (Å²) in [5.74, 6) is -4.58. The highest BCUT2D eigenvalue weighted by atomic mass is 19.4. The molecule has 13 heteroatoms. The van der Waals surface area contributed by atoms with Crippen molar-refractivity contribution in [1.82, 2.24) is 20.2 Å². The molecule has 4 rings (SSSR count). The molecule has 1 aliphatic heterocycles. The van der Waals surface area contributed by atoms with Crippen LogP contribution >= 0.6 is 0 Å². The summed E-state index contributed by atoms with van der Waals surface area (Å²) in [6.45, 7) is 0.389. The van der Waals surface area contributed by atoms with Crippen LogP contribution in [0.2, 0.25) is 0 Å². The summed E-state index contributed by atoms with van der Waals surface area (Å²) in [4.78, 5) is 47.3. The van der Waals surface area contributed by atoms with Crippen molar-refractivity contribution in [3.8, 4) is 0 Å². The molecule has 198 valence electrons. The van der Waals surface area contributed by atoms with E-state index in [4.69, 9.17) is 0 Å². The minimum Gasteiger partial charge on any atom is -0.348 e. The molecule has 2 aromatic carbocycles. The van der Waals surface area contributed by atoms with Gasteiger partial charge < -0.3 is 15.5 Å². The molecule has 3 amide bonds. The fourth-order valence-electron chi connectivity index (χ4n) is 3.90. The molecule has 0 radical (unpaired) electrons. The number of halogens is 5. The summed E-state index contributed by atoms with van der Waals surface area (Å²) in [5, 5.41) is 5.10. The van der Waals surface area contributed by atoms with Crippen molar-refractivity contribution < 1.29 is 36.3 Å². The predicted molar refractivity (Wildman–Crippen MR) is 124 cm³/mol. The lowest BCUT2D eigenvalue weighted by molar-refractivity contribution is -0.137. The highest BCUT2D eigenvalue weighted by Crippen LogP contribution is 2.30. The Hall–Kier alpha value is -4.42. The van der Waals surface area contributed by atoms with Crippen LogP contribution in [0, 0.1) is 11.6 Å². The van der Waals surface area contributed by atoms with Crippen LogP contribution in [0.4, 0.5) is 27.8 Å². The van der Waals surface area contributed by atoms with Gasteiger partial charge in [0.2, 0.25) is 0 Å². The number of carbonyl (C=O) groups excluding carboxylic acids is 3. The Morgan fingerprint density at radius 1 is 0.868 bits per heavy atom. The maximum Gasteiger partial charge on any atom is 0.416 e. The van der Waals surface area contributed by atoms with Gasteiger partial charge in [0.25, 0.3) is 17.7 Å². The maximum atomic E-state index is 13.5. The number of benzene rings is 2. The van der Waals surface area contributed by atoms with Crippen molar-refractivity contribution >= 4 is 23.5 Å². The Kier molecular flexibility index (Phi) is 7.65. The van der Waals surface area contributed by atoms with Gasteiger partial charge in [-0.25, -0.2) is 18.7 Å². The number of hydrogen-bond acceptors (Lipinski definition) is 5. The topological polar surface area (TPSA) is 104 Å². The summed E-state index contributed by atoms with van der Waals surface area (Å²) in [6.07, 6.45) is -1.45. The van der Waals surface area contributed by atoms with Crippen LogP contribution in [0.25, 0.3) is 0 Å². The first kappa shape index (κ1) is 26.6. The van der Waals surface area contributed by atoms with Crippen LogP contribution in [0.5, 0.6) is 0 Å². The standard InChI is InChI=1S/C25H20F5N5O3/c26-18-5-4-14(13-19(18)27)22(36)34-21-20(31-8-9-32-21)23(37)33-17-6-10-35(11-7-17)24(38)15-2-1-3-16(12-15)25(28,29)30/h1-5,8-9,12-13,17H,6-7,10-11H2,(H,33,37)(H,32,34,36). The van der Waals surface area contributed by atoms with Crippen molar-refractivity contribution in [1.29, 1.82) is 0 Å². The summed E-state index contributed by atoms with van der Waals surface area (Å²) in [6, 6.07) is 6.36. The SMILES string of the molecule is O=C(Nc1nccnc1C(=O)NC1CCN(C(=O)c2cccc(C(F)(F)F)c2)CC1)c1ccc(F)c(F)c1. The molecule has 38 heavy (non-hydrogen) atoms. The van der Waals surface area contributed by atoms with Gasteiger partial charge in [-0.05, 0) is 49.2 Å². The van der Waals surface area contributed by atoms with Gasteiger partial charge in [-0.15, -0.1) is 0 Å². The Balaban J connectivity index is 1.37. The van der Waals surface area contributed by atoms with Crippen LogP contribution in [0.15, 0.2) is 54.9 Å². The van der Waals surface area contributed by atoms with Crippen molar-refractivity contribution in [3.63, 3.8) is 0 Å². The van der Waals surface area contributed by atoms with Crippen LogP contribution in [0.1, 0.15) is 49.6 Å². The number of piperidine rings is 1. The van der Waals surface area contributed by atoms with Gasteiger partial charge >= 0.3 is 6.18 Å². The van der Waals surface area contributed by atoms with Gasteiger partial charge in [-0.3, -0.25) is 14.4 Å². The van der Waals surface area contributed by atoms with E-state index in [1.165, 1.54) is 29.4 Å². The van der Waals surface area contributed by atoms with Crippen molar-refractivity contribution in [2.24, 2.45) is 0 Å². The second kappa shape index (κ2) is 10.9. The van der Waals surface area contributed by atoms with Crippen LogP contribution in [-0.2, 0) is 6.18 Å². The lowest BCUT2D eigenvalue weighted by Crippen LogP contribution is -2.46. The fraction of sp³-hybridized carbons (Fsp3) is 0.240. The number of alkyl halides is 3. The molecule has 0 bridgehead atoms. The van der Waals surface area contributed by atoms with Gasteiger partial charge in [-0.2, -0.15) is 13.2 Å². The Labute approximate surface area is 212 Å². The monoisotopic (exact) mass is 533 g/mol. The second-order valence-corrected chi connectivity index (χ2v) is 8.46. The number of hydrogen-bond donors (Lipinski definition) is 2. The minimum atomic E-state index is -4.57. The molecule has 1 fully saturated rings. The third-order valence-corrected chi connectivity index (χ3v) is 5.88. The molecule has 8 nitrogen and oxygen atoms in total. The number of nitrogens with one attached hydrogen (secondary N) is 2. The van der Waals surface area contributed by atoms with E-state index >= 15 is 0 Å². The molecular weight excluding hydrogens is 513 g/mol. The average Bonchev–Trinajstić information content (AvgIpc) is 2.90. The number of rotatable bonds is 5. The predicted octanol–water partition coefficient (Wildman–Crippen LogP) is 4.06. The zero-order valence-corrected chi connectivity index (χ0v) is 19.6. The third kappa shape index (κ3) is 6.10. The molecule has 1 aromatic heterocycles. The molecule has 1 saturated heterocycles. The number of likely N-dealkylation sites (tertiary alicyclic amines) is 1. The molecular formula is C25H20F5N5O3. The van der Waals surface area contributed by atoms with Gasteiger partial charge in [0.1, 0.15) is 0 Å². The van der Waals surface area contributed by atoms with Crippen LogP contribution in [0.3, 0.4) is 0 Å². The van der Waals surface area contributed by atoms with Gasteiger partial charge in [0.15, 0.2) is 23.1 Å². The zero-order valence-electron chi connectivity index (χ0n) is 19.6. The van der Waals surface area contributed by atoms with Gasteiger partial charge in [-0.1, -0.05) is 6.07 Å². The first-order chi connectivity index (χ1) is 18.0. The average molecular weight is 533 g/mol. The van der Waals surface area contributed by atoms with Gasteiger partial charge in [0.05, 0.1) is 5.56 Å². The van der Waals surface area contributed by atoms with Crippen molar-refractivity contribution in [2.45, 2.75) is 25.1 Å². The number of amides is 3. The van der Waals surface area contributed by atoms with Crippen molar-refractivity contribution in [3.05, 3.63) is 88.9 Å². The number of anilines is 1. The van der Waals surface area contributed by atoms with Crippen LogP contribution < -0.4 is 10.6 Å². The summed E-state index contributed by atoms with van der Waals surface area (Å²) >= 11 is 0. The molecule has 3 aromatic rings. The number of nitrogens with zero attached hydrogens (tertiary/aromatic N) is 3. The normalized spacial score (nSPS) is 14.2. The Morgan fingerprint density at radius 3 is 2.26 bits per heavy atom. The summed E-state index contributed by atoms with van der Waals surface area (Å²) in [7, 11) is 0. The molecule has 2 heterocycles. The maximum absolute atomic E-state index is 13.5. The smallest absolute Gasteiger partial charge is 0.348 e. The Bertz CT molecular complexity index is 1370. The molecule has 0 atom stereocenters. The molecule has 2 N–H and O–H groups in total. The first-order valence-electron chi connectivity index (χ1n) is 11.4. The first-order valence-corrected chi connectivity index (χ1v) is 11.4. The van der Waals surface area contributed by atoms with E-state index in [9.17, 15) is 36.3 Å². The van der Waals surface area contributed by atoms with E-state index < -0.39 is 41.1 Å². The molecule has 0 saturated carbocycles. The lowest BCUT2D eigenvalue weighted by atomic mass is 10.0. The van der Waals surface area contributed by atoms with E-state index in [0.717, 1.165) is 24.3 Å². The second-order valence-electron chi connectivity index (χ2n) is 8.46. The van der Waals surface area contributed by atoms with E-state index in [0.29, 0.717) is 18.9 Å². The molecule has 0 unspecified atom stereocenters. The molecule has 0 spiro atoms.